The number of hydrogen-bond acceptors (Lipinski definition) is 11. The Bertz CT molecular complexity index is 608. The van der Waals surface area contributed by atoms with E-state index in [1.807, 2.05) is 0 Å². The number of carboxylic acid groups (broad SMARTS) is 4. The molecule has 0 rings (SSSR count). The zero-order valence-corrected chi connectivity index (χ0v) is 18.9. The molecular weight excluding hydrogens is 456 g/mol. The van der Waals surface area contributed by atoms with Crippen molar-refractivity contribution in [1.29, 1.82) is 0 Å². The van der Waals surface area contributed by atoms with Crippen LogP contribution in [-0.4, -0.2) is 103 Å². The van der Waals surface area contributed by atoms with Gasteiger partial charge in [0.1, 0.15) is 12.7 Å². The topological polar surface area (TPSA) is 262 Å². The van der Waals surface area contributed by atoms with Crippen LogP contribution in [0.25, 0.3) is 0 Å². The number of aliphatic hydroxyl groups excluding tert-OH is 2. The van der Waals surface area contributed by atoms with Crippen molar-refractivity contribution < 1.29 is 74.0 Å². The maximum absolute atomic E-state index is 11.1. The van der Waals surface area contributed by atoms with Gasteiger partial charge in [-0.1, -0.05) is 0 Å². The van der Waals surface area contributed by atoms with E-state index in [1.54, 1.807) is 13.8 Å². The average Bonchev–Trinajstić information content (AvgIpc) is 2.57. The van der Waals surface area contributed by atoms with Crippen LogP contribution in [0.15, 0.2) is 0 Å². The third kappa shape index (κ3) is 36.4. The van der Waals surface area contributed by atoms with Gasteiger partial charge >= 0.3 is 23.9 Å². The van der Waals surface area contributed by atoms with Crippen molar-refractivity contribution in [2.45, 2.75) is 65.3 Å². The Morgan fingerprint density at radius 2 is 1.24 bits per heavy atom. The van der Waals surface area contributed by atoms with Crippen LogP contribution in [0.4, 0.5) is 0 Å². The molecule has 0 aromatic carbocycles. The molecule has 0 fully saturated rings. The quantitative estimate of drug-likeness (QED) is 0.186. The van der Waals surface area contributed by atoms with E-state index in [0.29, 0.717) is 0 Å². The molecule has 33 heavy (non-hydrogen) atoms. The molecule has 0 radical (unpaired) electrons. The lowest BCUT2D eigenvalue weighted by Gasteiger charge is -2.20. The smallest absolute Gasteiger partial charge is 0.336 e. The van der Waals surface area contributed by atoms with Gasteiger partial charge in [0.15, 0.2) is 5.60 Å². The largest absolute Gasteiger partial charge is 0.481 e. The minimum Gasteiger partial charge on any atom is -0.481 e. The summed E-state index contributed by atoms with van der Waals surface area (Å²) in [4.78, 5) is 60.2. The molecular formula is C18H32O15. The summed E-state index contributed by atoms with van der Waals surface area (Å²) in [5.74, 6) is -6.36. The minimum absolute atomic E-state index is 0.133. The number of aliphatic carboxylic acids is 4. The van der Waals surface area contributed by atoms with Crippen LogP contribution in [0.1, 0.15) is 47.5 Å². The first-order valence-corrected chi connectivity index (χ1v) is 8.99. The van der Waals surface area contributed by atoms with Crippen LogP contribution in [-0.2, 0) is 38.2 Å². The molecule has 0 saturated carbocycles. The summed E-state index contributed by atoms with van der Waals surface area (Å²) in [6.45, 7) is 5.99. The SMILES string of the molecule is CC(=O)O.CC(=O)O.CC(=O)OCC(O)CO.CC(C)OC(=O)CC(O)(CC(=O)O)C(=O)O. The van der Waals surface area contributed by atoms with Crippen molar-refractivity contribution in [2.24, 2.45) is 0 Å². The summed E-state index contributed by atoms with van der Waals surface area (Å²) in [7, 11) is 0. The monoisotopic (exact) mass is 488 g/mol. The molecule has 15 heteroatoms. The lowest BCUT2D eigenvalue weighted by Crippen LogP contribution is -2.43. The Hall–Kier alpha value is -3.30. The second-order valence-electron chi connectivity index (χ2n) is 6.30. The fourth-order valence-corrected chi connectivity index (χ4v) is 1.27. The van der Waals surface area contributed by atoms with E-state index in [0.717, 1.165) is 13.8 Å². The van der Waals surface area contributed by atoms with Gasteiger partial charge in [-0.15, -0.1) is 0 Å². The zero-order valence-electron chi connectivity index (χ0n) is 18.9. The fourth-order valence-electron chi connectivity index (χ4n) is 1.27. The van der Waals surface area contributed by atoms with Crippen LogP contribution < -0.4 is 0 Å². The van der Waals surface area contributed by atoms with Crippen molar-refractivity contribution in [3.8, 4) is 0 Å². The van der Waals surface area contributed by atoms with Crippen LogP contribution in [0.3, 0.4) is 0 Å². The first kappa shape index (κ1) is 37.0. The predicted octanol–water partition coefficient (Wildman–Crippen LogP) is -1.30. The van der Waals surface area contributed by atoms with Crippen LogP contribution >= 0.6 is 0 Å². The first-order valence-electron chi connectivity index (χ1n) is 8.99. The molecule has 7 N–H and O–H groups in total. The van der Waals surface area contributed by atoms with Gasteiger partial charge in [-0.2, -0.15) is 0 Å². The van der Waals surface area contributed by atoms with Crippen LogP contribution in [0.5, 0.6) is 0 Å². The standard InChI is InChI=1S/C9H14O7.C5H10O4.2C2H4O2/c1-5(2)16-7(12)4-9(15,8(13)14)3-6(10)11;1-4(7)9-3-5(8)2-6;2*1-2(3)4/h5,15H,3-4H2,1-2H3,(H,10,11)(H,13,14);5-6,8H,2-3H2,1H3;2*1H3,(H,3,4). The molecule has 15 nitrogen and oxygen atoms in total. The molecule has 0 bridgehead atoms. The summed E-state index contributed by atoms with van der Waals surface area (Å²) >= 11 is 0. The number of aliphatic hydroxyl groups is 3. The van der Waals surface area contributed by atoms with Gasteiger partial charge in [-0.25, -0.2) is 4.79 Å². The Morgan fingerprint density at radius 3 is 1.48 bits per heavy atom. The highest BCUT2D eigenvalue weighted by atomic mass is 16.5. The van der Waals surface area contributed by atoms with Gasteiger partial charge in [0.05, 0.1) is 25.6 Å². The summed E-state index contributed by atoms with van der Waals surface area (Å²) < 4.78 is 8.97. The average molecular weight is 488 g/mol. The Labute approximate surface area is 189 Å². The highest BCUT2D eigenvalue weighted by Crippen LogP contribution is 2.17. The number of esters is 2. The van der Waals surface area contributed by atoms with Crippen molar-refractivity contribution >= 4 is 35.8 Å². The van der Waals surface area contributed by atoms with E-state index < -0.39 is 66.5 Å². The second kappa shape index (κ2) is 20.6. The van der Waals surface area contributed by atoms with Gasteiger partial charge in [-0.05, 0) is 13.8 Å². The summed E-state index contributed by atoms with van der Waals surface area (Å²) in [5, 5.41) is 58.1. The molecule has 0 aromatic rings. The second-order valence-corrected chi connectivity index (χ2v) is 6.30. The molecule has 2 unspecified atom stereocenters. The van der Waals surface area contributed by atoms with Gasteiger partial charge in [0.25, 0.3) is 11.9 Å². The third-order valence-corrected chi connectivity index (χ3v) is 2.34. The molecule has 0 heterocycles. The Morgan fingerprint density at radius 1 is 0.848 bits per heavy atom. The van der Waals surface area contributed by atoms with E-state index in [-0.39, 0.29) is 13.2 Å². The zero-order chi connectivity index (χ0) is 27.4. The van der Waals surface area contributed by atoms with Gasteiger partial charge in [0.2, 0.25) is 0 Å². The van der Waals surface area contributed by atoms with Gasteiger partial charge < -0.3 is 45.2 Å². The molecule has 0 aliphatic carbocycles. The first-order chi connectivity index (χ1) is 14.8. The number of rotatable bonds is 9. The maximum Gasteiger partial charge on any atom is 0.336 e. The summed E-state index contributed by atoms with van der Waals surface area (Å²) in [5.41, 5.74) is -2.63. The Balaban J connectivity index is -0.000000206. The lowest BCUT2D eigenvalue weighted by molar-refractivity contribution is -0.173. The van der Waals surface area contributed by atoms with Crippen LogP contribution in [0.2, 0.25) is 0 Å². The normalized spacial score (nSPS) is 11.9. The van der Waals surface area contributed by atoms with Crippen molar-refractivity contribution in [3.05, 3.63) is 0 Å². The van der Waals surface area contributed by atoms with Crippen molar-refractivity contribution in [1.82, 2.24) is 0 Å². The summed E-state index contributed by atoms with van der Waals surface area (Å²) in [6, 6.07) is 0. The highest BCUT2D eigenvalue weighted by molar-refractivity contribution is 5.88. The number of ether oxygens (including phenoxy) is 2. The molecule has 0 aliphatic rings. The number of carbonyl (C=O) groups is 6. The molecule has 0 aliphatic heterocycles. The van der Waals surface area contributed by atoms with Crippen molar-refractivity contribution in [2.75, 3.05) is 13.2 Å². The molecule has 0 spiro atoms. The predicted molar refractivity (Wildman–Crippen MR) is 107 cm³/mol. The molecule has 194 valence electrons. The van der Waals surface area contributed by atoms with Crippen LogP contribution in [0, 0.1) is 0 Å². The number of carboxylic acids is 4. The minimum atomic E-state index is -2.63. The maximum atomic E-state index is 11.1. The number of carbonyl (C=O) groups excluding carboxylic acids is 2. The van der Waals surface area contributed by atoms with Crippen molar-refractivity contribution in [3.63, 3.8) is 0 Å². The van der Waals surface area contributed by atoms with Gasteiger partial charge in [-0.3, -0.25) is 24.0 Å². The molecule has 0 saturated heterocycles. The van der Waals surface area contributed by atoms with E-state index in [2.05, 4.69) is 9.47 Å². The van der Waals surface area contributed by atoms with E-state index in [4.69, 9.17) is 40.2 Å². The van der Waals surface area contributed by atoms with Gasteiger partial charge in [0, 0.05) is 20.8 Å². The van der Waals surface area contributed by atoms with E-state index in [9.17, 15) is 24.3 Å². The van der Waals surface area contributed by atoms with E-state index in [1.165, 1.54) is 6.92 Å². The lowest BCUT2D eigenvalue weighted by atomic mass is 9.96. The third-order valence-electron chi connectivity index (χ3n) is 2.34. The van der Waals surface area contributed by atoms with E-state index >= 15 is 0 Å². The number of hydrogen-bond donors (Lipinski definition) is 7. The molecule has 0 aromatic heterocycles. The molecule has 0 amide bonds. The highest BCUT2D eigenvalue weighted by Gasteiger charge is 2.41. The Kier molecular flexibility index (Phi) is 23.1. The fraction of sp³-hybridized carbons (Fsp3) is 0.667. The molecule has 2 atom stereocenters. The summed E-state index contributed by atoms with van der Waals surface area (Å²) in [6.07, 6.45) is -3.37.